The van der Waals surface area contributed by atoms with Gasteiger partial charge in [0.2, 0.25) is 0 Å². The van der Waals surface area contributed by atoms with Crippen LogP contribution >= 0.6 is 34.4 Å². The van der Waals surface area contributed by atoms with Crippen LogP contribution in [0.5, 0.6) is 5.75 Å². The summed E-state index contributed by atoms with van der Waals surface area (Å²) in [6.07, 6.45) is 1.74. The highest BCUT2D eigenvalue weighted by molar-refractivity contribution is 8.01. The van der Waals surface area contributed by atoms with Crippen molar-refractivity contribution in [1.29, 1.82) is 0 Å². The molecule has 4 heterocycles. The molecule has 0 bridgehead atoms. The number of para-hydroxylation sites is 1. The Bertz CT molecular complexity index is 1960. The monoisotopic (exact) mass is 617 g/mol. The molecule has 8 nitrogen and oxygen atoms in total. The second-order valence-corrected chi connectivity index (χ2v) is 13.0. The number of rotatable bonds is 8. The van der Waals surface area contributed by atoms with E-state index < -0.39 is 12.0 Å². The third-order valence-electron chi connectivity index (χ3n) is 6.42. The minimum absolute atomic E-state index is 0.0208. The molecule has 42 heavy (non-hydrogen) atoms. The number of hydrogen-bond acceptors (Lipinski definition) is 10. The van der Waals surface area contributed by atoms with E-state index in [9.17, 15) is 9.59 Å². The van der Waals surface area contributed by atoms with E-state index in [2.05, 4.69) is 9.98 Å². The van der Waals surface area contributed by atoms with Crippen molar-refractivity contribution < 1.29 is 18.7 Å². The van der Waals surface area contributed by atoms with Crippen LogP contribution in [0.4, 0.5) is 0 Å². The summed E-state index contributed by atoms with van der Waals surface area (Å²) >= 11 is 4.30. The normalized spacial score (nSPS) is 15.3. The average molecular weight is 618 g/mol. The van der Waals surface area contributed by atoms with E-state index in [1.165, 1.54) is 23.1 Å². The predicted molar refractivity (Wildman–Crippen MR) is 165 cm³/mol. The molecule has 0 radical (unpaired) electrons. The predicted octanol–water partition coefficient (Wildman–Crippen LogP) is 5.94. The molecule has 1 atom stereocenters. The van der Waals surface area contributed by atoms with Gasteiger partial charge in [0.25, 0.3) is 5.56 Å². The molecule has 3 aromatic heterocycles. The van der Waals surface area contributed by atoms with Gasteiger partial charge in [-0.05, 0) is 81.4 Å². The molecule has 0 saturated carbocycles. The maximum atomic E-state index is 13.9. The quantitative estimate of drug-likeness (QED) is 0.199. The molecule has 0 spiro atoms. The van der Waals surface area contributed by atoms with E-state index in [4.69, 9.17) is 13.9 Å². The fourth-order valence-electron chi connectivity index (χ4n) is 4.68. The van der Waals surface area contributed by atoms with Gasteiger partial charge in [0.05, 0.1) is 44.8 Å². The number of carbonyl (C=O) groups is 1. The molecule has 1 aliphatic heterocycles. The summed E-state index contributed by atoms with van der Waals surface area (Å²) in [4.78, 5) is 36.8. The van der Waals surface area contributed by atoms with Crippen LogP contribution in [0.25, 0.3) is 16.3 Å². The molecule has 0 aliphatic carbocycles. The van der Waals surface area contributed by atoms with E-state index in [0.29, 0.717) is 37.2 Å². The smallest absolute Gasteiger partial charge is 0.338 e. The topological polar surface area (TPSA) is 95.9 Å². The zero-order valence-corrected chi connectivity index (χ0v) is 25.8. The second kappa shape index (κ2) is 11.7. The van der Waals surface area contributed by atoms with Crippen molar-refractivity contribution in [3.63, 3.8) is 0 Å². The Morgan fingerprint density at radius 1 is 1.12 bits per heavy atom. The minimum atomic E-state index is -0.697. The number of nitrogens with zero attached hydrogens (tertiary/aromatic N) is 3. The van der Waals surface area contributed by atoms with Gasteiger partial charge in [0, 0.05) is 6.08 Å². The van der Waals surface area contributed by atoms with E-state index in [1.54, 1.807) is 35.8 Å². The van der Waals surface area contributed by atoms with Gasteiger partial charge in [0.1, 0.15) is 11.5 Å². The maximum Gasteiger partial charge on any atom is 0.338 e. The number of allylic oxidation sites excluding steroid dienone is 1. The summed E-state index contributed by atoms with van der Waals surface area (Å²) in [5.74, 6) is 0.747. The summed E-state index contributed by atoms with van der Waals surface area (Å²) in [5, 5.41) is 0.676. The number of carbonyl (C=O) groups excluding carboxylic acids is 1. The first-order valence-electron chi connectivity index (χ1n) is 13.4. The Balaban J connectivity index is 1.37. The molecule has 0 N–H and O–H groups in total. The largest absolute Gasteiger partial charge is 0.491 e. The highest BCUT2D eigenvalue weighted by atomic mass is 32.2. The zero-order valence-electron chi connectivity index (χ0n) is 23.3. The van der Waals surface area contributed by atoms with E-state index in [0.717, 1.165) is 20.1 Å². The molecule has 1 aliphatic rings. The minimum Gasteiger partial charge on any atom is -0.491 e. The lowest BCUT2D eigenvalue weighted by atomic mass is 9.96. The molecular formula is C31H27N3O5S3. The summed E-state index contributed by atoms with van der Waals surface area (Å²) in [6.45, 7) is 7.65. The van der Waals surface area contributed by atoms with Gasteiger partial charge in [0.15, 0.2) is 14.2 Å². The SMILES string of the molecule is CCOC(=O)C1=C(C)N=c2s/c(=C/c3ccc(Sc4nc5ccccc5s4)o3)c(=O)n2[C@H]1c1ccc(OC(C)C)cc1. The number of benzene rings is 2. The van der Waals surface area contributed by atoms with Gasteiger partial charge in [-0.25, -0.2) is 14.8 Å². The summed E-state index contributed by atoms with van der Waals surface area (Å²) < 4.78 is 21.2. The van der Waals surface area contributed by atoms with Crippen molar-refractivity contribution >= 4 is 56.7 Å². The zero-order chi connectivity index (χ0) is 29.4. The van der Waals surface area contributed by atoms with Crippen LogP contribution < -0.4 is 19.6 Å². The standard InChI is InChI=1S/C31H27N3O5S3/c1-5-37-29(36)26-18(4)32-30-34(27(26)19-10-12-20(13-11-19)38-17(2)3)28(35)24(40-30)16-21-14-15-25(39-21)42-31-33-22-8-6-7-9-23(22)41-31/h6-17,27H,5H2,1-4H3/b24-16+/t27-/m0/s1. The first kappa shape index (κ1) is 28.2. The molecular weight excluding hydrogens is 591 g/mol. The van der Waals surface area contributed by atoms with Gasteiger partial charge in [-0.3, -0.25) is 9.36 Å². The molecule has 0 unspecified atom stereocenters. The van der Waals surface area contributed by atoms with E-state index in [1.807, 2.05) is 74.5 Å². The van der Waals surface area contributed by atoms with Gasteiger partial charge in [-0.15, -0.1) is 11.3 Å². The van der Waals surface area contributed by atoms with Crippen molar-refractivity contribution in [2.45, 2.75) is 49.3 Å². The third kappa shape index (κ3) is 5.59. The van der Waals surface area contributed by atoms with Gasteiger partial charge < -0.3 is 13.9 Å². The first-order valence-corrected chi connectivity index (χ1v) is 15.8. The Morgan fingerprint density at radius 2 is 1.90 bits per heavy atom. The lowest BCUT2D eigenvalue weighted by Crippen LogP contribution is -2.39. The van der Waals surface area contributed by atoms with Crippen LogP contribution in [0.2, 0.25) is 0 Å². The van der Waals surface area contributed by atoms with Gasteiger partial charge in [-0.2, -0.15) is 0 Å². The Labute approximate surface area is 253 Å². The number of fused-ring (bicyclic) bond motifs is 2. The first-order chi connectivity index (χ1) is 20.3. The van der Waals surface area contributed by atoms with Gasteiger partial charge >= 0.3 is 5.97 Å². The number of esters is 1. The molecule has 5 aromatic rings. The summed E-state index contributed by atoms with van der Waals surface area (Å²) in [5.41, 5.74) is 2.29. The maximum absolute atomic E-state index is 13.9. The lowest BCUT2D eigenvalue weighted by molar-refractivity contribution is -0.139. The molecule has 11 heteroatoms. The molecule has 214 valence electrons. The fraction of sp³-hybridized carbons (Fsp3) is 0.226. The second-order valence-electron chi connectivity index (χ2n) is 9.74. The Morgan fingerprint density at radius 3 is 2.64 bits per heavy atom. The van der Waals surface area contributed by atoms with Crippen LogP contribution in [0.1, 0.15) is 45.1 Å². The highest BCUT2D eigenvalue weighted by Crippen LogP contribution is 2.35. The number of ether oxygens (including phenoxy) is 2. The van der Waals surface area contributed by atoms with Crippen molar-refractivity contribution in [1.82, 2.24) is 9.55 Å². The number of hydrogen-bond donors (Lipinski definition) is 0. The number of furan rings is 1. The molecule has 0 amide bonds. The van der Waals surface area contributed by atoms with Crippen molar-refractivity contribution in [3.05, 3.63) is 103 Å². The van der Waals surface area contributed by atoms with Crippen LogP contribution in [-0.2, 0) is 9.53 Å². The Kier molecular flexibility index (Phi) is 7.89. The Hall–Kier alpha value is -3.93. The van der Waals surface area contributed by atoms with Crippen LogP contribution in [0, 0.1) is 0 Å². The lowest BCUT2D eigenvalue weighted by Gasteiger charge is -2.25. The average Bonchev–Trinajstić information content (AvgIpc) is 3.65. The number of aromatic nitrogens is 2. The van der Waals surface area contributed by atoms with E-state index in [-0.39, 0.29) is 18.3 Å². The van der Waals surface area contributed by atoms with Gasteiger partial charge in [-0.1, -0.05) is 35.6 Å². The van der Waals surface area contributed by atoms with Crippen LogP contribution in [-0.4, -0.2) is 28.2 Å². The van der Waals surface area contributed by atoms with Crippen LogP contribution in [0.15, 0.2) is 95.6 Å². The molecule has 0 fully saturated rings. The fourth-order valence-corrected chi connectivity index (χ4v) is 7.68. The molecule has 6 rings (SSSR count). The molecule has 2 aromatic carbocycles. The summed E-state index contributed by atoms with van der Waals surface area (Å²) in [6, 6.07) is 18.4. The third-order valence-corrected chi connectivity index (χ3v) is 9.42. The number of thiazole rings is 2. The van der Waals surface area contributed by atoms with E-state index >= 15 is 0 Å². The summed E-state index contributed by atoms with van der Waals surface area (Å²) in [7, 11) is 0. The van der Waals surface area contributed by atoms with Crippen LogP contribution in [0.3, 0.4) is 0 Å². The highest BCUT2D eigenvalue weighted by Gasteiger charge is 2.33. The van der Waals surface area contributed by atoms with Crippen molar-refractivity contribution in [3.8, 4) is 5.75 Å². The van der Waals surface area contributed by atoms with Crippen molar-refractivity contribution in [2.24, 2.45) is 4.99 Å². The van der Waals surface area contributed by atoms with Crippen molar-refractivity contribution in [2.75, 3.05) is 6.61 Å². The molecule has 0 saturated heterocycles.